The molecular weight excluding hydrogens is 408 g/mol. The zero-order valence-electron chi connectivity index (χ0n) is 17.1. The van der Waals surface area contributed by atoms with E-state index >= 15 is 0 Å². The van der Waals surface area contributed by atoms with Crippen molar-refractivity contribution in [1.29, 1.82) is 0 Å². The van der Waals surface area contributed by atoms with Gasteiger partial charge < -0.3 is 9.84 Å². The number of anilines is 1. The zero-order chi connectivity index (χ0) is 21.6. The molecule has 0 bridgehead atoms. The number of thioether (sulfide) groups is 1. The van der Waals surface area contributed by atoms with Crippen LogP contribution in [0.4, 0.5) is 5.69 Å². The highest BCUT2D eigenvalue weighted by Gasteiger charge is 2.34. The predicted molar refractivity (Wildman–Crippen MR) is 126 cm³/mol. The highest BCUT2D eigenvalue weighted by molar-refractivity contribution is 8.19. The van der Waals surface area contributed by atoms with Crippen molar-refractivity contribution in [3.05, 3.63) is 100 Å². The van der Waals surface area contributed by atoms with Crippen molar-refractivity contribution in [2.45, 2.75) is 13.2 Å². The minimum absolute atomic E-state index is 0.00787. The van der Waals surface area contributed by atoms with Crippen LogP contribution in [0.2, 0.25) is 0 Å². The summed E-state index contributed by atoms with van der Waals surface area (Å²) in [4.78, 5) is 20.3. The van der Waals surface area contributed by atoms with E-state index in [4.69, 9.17) is 9.73 Å². The van der Waals surface area contributed by atoms with Crippen LogP contribution in [0.5, 0.6) is 5.75 Å². The maximum absolute atomic E-state index is 13.3. The number of hydrogen-bond acceptors (Lipinski definition) is 5. The number of benzene rings is 3. The van der Waals surface area contributed by atoms with Crippen molar-refractivity contribution >= 4 is 34.6 Å². The molecule has 4 rings (SSSR count). The van der Waals surface area contributed by atoms with Gasteiger partial charge in [0.1, 0.15) is 5.75 Å². The topological polar surface area (TPSA) is 62.1 Å². The van der Waals surface area contributed by atoms with Crippen LogP contribution >= 0.6 is 11.8 Å². The molecule has 6 heteroatoms. The van der Waals surface area contributed by atoms with Crippen LogP contribution in [-0.4, -0.2) is 23.3 Å². The number of amidine groups is 1. The molecule has 1 amide bonds. The van der Waals surface area contributed by atoms with Gasteiger partial charge in [-0.1, -0.05) is 54.6 Å². The summed E-state index contributed by atoms with van der Waals surface area (Å²) in [5.41, 5.74) is 3.54. The number of rotatable bonds is 6. The summed E-state index contributed by atoms with van der Waals surface area (Å²) in [5.74, 6) is 0.610. The molecule has 1 aliphatic rings. The number of aliphatic hydroxyl groups excluding tert-OH is 1. The molecule has 1 N–H and O–H groups in total. The largest absolute Gasteiger partial charge is 0.497 e. The first-order valence-corrected chi connectivity index (χ1v) is 10.7. The standard InChI is InChI=1S/C25H22N2O3S/c1-30-22-13-11-21(12-14-22)27-24(29)23(15-18-7-9-20(17-28)10-8-18)31-25(27)26-16-19-5-3-2-4-6-19/h2-15,28H,16-17H2,1H3/b23-15-,26-25?. The fourth-order valence-corrected chi connectivity index (χ4v) is 4.13. The van der Waals surface area contributed by atoms with Gasteiger partial charge in [0.15, 0.2) is 5.17 Å². The molecule has 0 atom stereocenters. The van der Waals surface area contributed by atoms with E-state index in [9.17, 15) is 9.90 Å². The van der Waals surface area contributed by atoms with Gasteiger partial charge in [-0.05, 0) is 58.8 Å². The molecule has 3 aromatic carbocycles. The molecule has 1 aliphatic heterocycles. The number of aliphatic hydroxyl groups is 1. The zero-order valence-corrected chi connectivity index (χ0v) is 17.9. The summed E-state index contributed by atoms with van der Waals surface area (Å²) in [5, 5.41) is 9.87. The lowest BCUT2D eigenvalue weighted by Crippen LogP contribution is -2.28. The van der Waals surface area contributed by atoms with Gasteiger partial charge in [0, 0.05) is 0 Å². The van der Waals surface area contributed by atoms with Crippen molar-refractivity contribution < 1.29 is 14.6 Å². The first kappa shape index (κ1) is 20.9. The number of aliphatic imine (C=N–C) groups is 1. The second kappa shape index (κ2) is 9.64. The van der Waals surface area contributed by atoms with Gasteiger partial charge in [-0.15, -0.1) is 0 Å². The van der Waals surface area contributed by atoms with E-state index in [2.05, 4.69) is 0 Å². The molecule has 156 valence electrons. The van der Waals surface area contributed by atoms with Gasteiger partial charge in [0.25, 0.3) is 5.91 Å². The molecule has 0 aliphatic carbocycles. The summed E-state index contributed by atoms with van der Waals surface area (Å²) in [7, 11) is 1.61. The predicted octanol–water partition coefficient (Wildman–Crippen LogP) is 4.86. The van der Waals surface area contributed by atoms with Gasteiger partial charge in [-0.25, -0.2) is 0 Å². The normalized spacial score (nSPS) is 16.3. The molecular formula is C25H22N2O3S. The summed E-state index contributed by atoms with van der Waals surface area (Å²) in [6.07, 6.45) is 1.86. The fraction of sp³-hybridized carbons (Fsp3) is 0.120. The molecule has 0 saturated carbocycles. The van der Waals surface area contributed by atoms with Crippen molar-refractivity contribution in [1.82, 2.24) is 0 Å². The Morgan fingerprint density at radius 2 is 1.68 bits per heavy atom. The summed E-state index contributed by atoms with van der Waals surface area (Å²) < 4.78 is 5.24. The van der Waals surface area contributed by atoms with E-state index < -0.39 is 0 Å². The van der Waals surface area contributed by atoms with E-state index in [1.165, 1.54) is 11.8 Å². The molecule has 3 aromatic rings. The van der Waals surface area contributed by atoms with E-state index in [1.54, 1.807) is 12.0 Å². The third-order valence-electron chi connectivity index (χ3n) is 4.84. The Hall–Kier alpha value is -3.35. The molecule has 5 nitrogen and oxygen atoms in total. The van der Waals surface area contributed by atoms with Crippen LogP contribution in [0.15, 0.2) is 88.8 Å². The average molecular weight is 431 g/mol. The van der Waals surface area contributed by atoms with Gasteiger partial charge in [0.05, 0.1) is 30.9 Å². The van der Waals surface area contributed by atoms with E-state index in [1.807, 2.05) is 84.9 Å². The summed E-state index contributed by atoms with van der Waals surface area (Å²) in [6.45, 7) is 0.480. The quantitative estimate of drug-likeness (QED) is 0.567. The molecule has 31 heavy (non-hydrogen) atoms. The Labute approximate surface area is 185 Å². The molecule has 1 saturated heterocycles. The number of ether oxygens (including phenoxy) is 1. The van der Waals surface area contributed by atoms with Gasteiger partial charge >= 0.3 is 0 Å². The van der Waals surface area contributed by atoms with Crippen LogP contribution < -0.4 is 9.64 Å². The number of amides is 1. The number of hydrogen-bond donors (Lipinski definition) is 1. The lowest BCUT2D eigenvalue weighted by Gasteiger charge is -2.16. The maximum Gasteiger partial charge on any atom is 0.271 e. The number of nitrogens with zero attached hydrogens (tertiary/aromatic N) is 2. The number of carbonyl (C=O) groups excluding carboxylic acids is 1. The molecule has 0 radical (unpaired) electrons. The van der Waals surface area contributed by atoms with Crippen LogP contribution in [0.1, 0.15) is 16.7 Å². The lowest BCUT2D eigenvalue weighted by molar-refractivity contribution is -0.113. The monoisotopic (exact) mass is 430 g/mol. The van der Waals surface area contributed by atoms with Crippen LogP contribution in [0.25, 0.3) is 6.08 Å². The van der Waals surface area contributed by atoms with Crippen molar-refractivity contribution in [3.63, 3.8) is 0 Å². The third-order valence-corrected chi connectivity index (χ3v) is 5.84. The van der Waals surface area contributed by atoms with Crippen LogP contribution in [0, 0.1) is 0 Å². The molecule has 0 spiro atoms. The Kier molecular flexibility index (Phi) is 6.50. The minimum atomic E-state index is -0.117. The SMILES string of the molecule is COc1ccc(N2C(=O)/C(=C/c3ccc(CO)cc3)SC2=NCc2ccccc2)cc1. The third kappa shape index (κ3) is 4.87. The van der Waals surface area contributed by atoms with Crippen molar-refractivity contribution in [2.24, 2.45) is 4.99 Å². The van der Waals surface area contributed by atoms with Crippen molar-refractivity contribution in [2.75, 3.05) is 12.0 Å². The Morgan fingerprint density at radius 3 is 2.32 bits per heavy atom. The van der Waals surface area contributed by atoms with Gasteiger partial charge in [-0.3, -0.25) is 14.7 Å². The molecule has 1 fully saturated rings. The van der Waals surface area contributed by atoms with Crippen LogP contribution in [0.3, 0.4) is 0 Å². The number of carbonyl (C=O) groups is 1. The highest BCUT2D eigenvalue weighted by atomic mass is 32.2. The Morgan fingerprint density at radius 1 is 0.968 bits per heavy atom. The minimum Gasteiger partial charge on any atom is -0.497 e. The lowest BCUT2D eigenvalue weighted by atomic mass is 10.1. The van der Waals surface area contributed by atoms with Crippen molar-refractivity contribution in [3.8, 4) is 5.75 Å². The summed E-state index contributed by atoms with van der Waals surface area (Å²) in [6, 6.07) is 24.8. The van der Waals surface area contributed by atoms with Gasteiger partial charge in [0.2, 0.25) is 0 Å². The van der Waals surface area contributed by atoms with Crippen LogP contribution in [-0.2, 0) is 17.9 Å². The summed E-state index contributed by atoms with van der Waals surface area (Å²) >= 11 is 1.36. The molecule has 0 aromatic heterocycles. The molecule has 0 unspecified atom stereocenters. The first-order chi connectivity index (χ1) is 15.2. The highest BCUT2D eigenvalue weighted by Crippen LogP contribution is 2.36. The van der Waals surface area contributed by atoms with E-state index in [0.29, 0.717) is 16.6 Å². The fourth-order valence-electron chi connectivity index (χ4n) is 3.15. The Balaban J connectivity index is 1.67. The van der Waals surface area contributed by atoms with E-state index in [0.717, 1.165) is 28.1 Å². The smallest absolute Gasteiger partial charge is 0.271 e. The second-order valence-electron chi connectivity index (χ2n) is 6.93. The first-order valence-electron chi connectivity index (χ1n) is 9.84. The second-order valence-corrected chi connectivity index (χ2v) is 7.94. The van der Waals surface area contributed by atoms with E-state index in [-0.39, 0.29) is 12.5 Å². The Bertz CT molecular complexity index is 1110. The number of methoxy groups -OCH3 is 1. The maximum atomic E-state index is 13.3. The van der Waals surface area contributed by atoms with Gasteiger partial charge in [-0.2, -0.15) is 0 Å². The average Bonchev–Trinajstić information content (AvgIpc) is 3.13. The molecule has 1 heterocycles.